The number of benzene rings is 2. The second kappa shape index (κ2) is 7.51. The Kier molecular flexibility index (Phi) is 5.59. The van der Waals surface area contributed by atoms with Gasteiger partial charge in [-0.25, -0.2) is 9.97 Å². The topological polar surface area (TPSA) is 102 Å². The second-order valence-electron chi connectivity index (χ2n) is 5.86. The number of aryl methyl sites for hydroxylation is 1. The van der Waals surface area contributed by atoms with Crippen molar-refractivity contribution < 1.29 is 10.3 Å². The van der Waals surface area contributed by atoms with Crippen LogP contribution in [0.2, 0.25) is 0 Å². The van der Waals surface area contributed by atoms with E-state index in [9.17, 15) is 4.79 Å². The zero-order chi connectivity index (χ0) is 16.7. The summed E-state index contributed by atoms with van der Waals surface area (Å²) in [5, 5.41) is 4.41. The summed E-state index contributed by atoms with van der Waals surface area (Å²) in [7, 11) is 0. The summed E-state index contributed by atoms with van der Waals surface area (Å²) in [6.07, 6.45) is 1.57. The maximum Gasteiger partial charge on any atom is 0.159 e. The van der Waals surface area contributed by atoms with Crippen LogP contribution in [0.5, 0.6) is 0 Å². The van der Waals surface area contributed by atoms with Crippen molar-refractivity contribution in [3.8, 4) is 0 Å². The standard InChI is InChI=1S/C19H16N4O.ClH.H2O/c1-11-8-17(23-14-5-3-4-13(9-14)12(2)24)18-15(22-11)6-7-16-19(18)21-10-20-16;;/h3-10,22-23H,1-2H3;1H;1H2. The highest BCUT2D eigenvalue weighted by molar-refractivity contribution is 6.10. The molecule has 0 aliphatic heterocycles. The number of aromatic nitrogens is 3. The van der Waals surface area contributed by atoms with E-state index in [0.717, 1.165) is 39.0 Å². The highest BCUT2D eigenvalue weighted by Crippen LogP contribution is 2.31. The highest BCUT2D eigenvalue weighted by Gasteiger charge is 2.10. The van der Waals surface area contributed by atoms with Crippen molar-refractivity contribution in [2.45, 2.75) is 13.8 Å². The number of pyridine rings is 1. The number of nitrogens with one attached hydrogen (secondary N) is 2. The Morgan fingerprint density at radius 1 is 1.12 bits per heavy atom. The molecule has 0 spiro atoms. The van der Waals surface area contributed by atoms with Gasteiger partial charge >= 0.3 is 0 Å². The number of nitrogens with zero attached hydrogens (tertiary/aromatic N) is 2. The van der Waals surface area contributed by atoms with Crippen LogP contribution in [0.3, 0.4) is 0 Å². The molecule has 2 heterocycles. The van der Waals surface area contributed by atoms with Crippen molar-refractivity contribution in [2.24, 2.45) is 0 Å². The summed E-state index contributed by atoms with van der Waals surface area (Å²) in [6.45, 7) is 3.58. The second-order valence-corrected chi connectivity index (χ2v) is 5.86. The van der Waals surface area contributed by atoms with Crippen LogP contribution >= 0.6 is 12.4 Å². The summed E-state index contributed by atoms with van der Waals surface area (Å²) < 4.78 is 0. The van der Waals surface area contributed by atoms with Crippen LogP contribution in [-0.4, -0.2) is 26.2 Å². The number of rotatable bonds is 3. The summed E-state index contributed by atoms with van der Waals surface area (Å²) in [5.74, 6) is 0.0466. The molecule has 0 saturated heterocycles. The summed E-state index contributed by atoms with van der Waals surface area (Å²) >= 11 is 0. The lowest BCUT2D eigenvalue weighted by Crippen LogP contribution is -1.98. The van der Waals surface area contributed by atoms with Crippen molar-refractivity contribution in [2.75, 3.05) is 5.32 Å². The first-order chi connectivity index (χ1) is 11.6. The fourth-order valence-corrected chi connectivity index (χ4v) is 2.95. The van der Waals surface area contributed by atoms with Crippen molar-refractivity contribution in [3.63, 3.8) is 0 Å². The Hall–Kier alpha value is -2.96. The lowest BCUT2D eigenvalue weighted by molar-refractivity contribution is 0.101. The molecule has 26 heavy (non-hydrogen) atoms. The molecular formula is C19H19ClN4O2. The SMILES string of the molecule is CC(=O)c1cccc(Nc2cc(C)[nH]c3ccc4ncnc4c23)c1.Cl.O. The fourth-order valence-electron chi connectivity index (χ4n) is 2.95. The Morgan fingerprint density at radius 2 is 1.92 bits per heavy atom. The number of hydrogen-bond donors (Lipinski definition) is 2. The van der Waals surface area contributed by atoms with Gasteiger partial charge in [-0.1, -0.05) is 12.1 Å². The maximum atomic E-state index is 11.6. The van der Waals surface area contributed by atoms with Crippen LogP contribution in [0, 0.1) is 6.92 Å². The van der Waals surface area contributed by atoms with Crippen molar-refractivity contribution in [1.29, 1.82) is 0 Å². The zero-order valence-electron chi connectivity index (χ0n) is 14.3. The fraction of sp³-hybridized carbons (Fsp3) is 0.105. The Balaban J connectivity index is 0.00000121. The molecule has 0 atom stereocenters. The molecule has 0 bridgehead atoms. The summed E-state index contributed by atoms with van der Waals surface area (Å²) in [5.41, 5.74) is 6.23. The third-order valence-electron chi connectivity index (χ3n) is 4.05. The molecule has 2 aromatic heterocycles. The van der Waals surface area contributed by atoms with E-state index in [1.54, 1.807) is 13.3 Å². The quantitative estimate of drug-likeness (QED) is 0.532. The van der Waals surface area contributed by atoms with Gasteiger partial charge in [0.1, 0.15) is 11.8 Å². The third-order valence-corrected chi connectivity index (χ3v) is 4.05. The average Bonchev–Trinajstić information content (AvgIpc) is 3.03. The molecule has 0 fully saturated rings. The van der Waals surface area contributed by atoms with E-state index in [1.807, 2.05) is 49.4 Å². The Bertz CT molecular complexity index is 1090. The van der Waals surface area contributed by atoms with Crippen LogP contribution in [0.1, 0.15) is 23.0 Å². The maximum absolute atomic E-state index is 11.6. The number of Topliss-reactive ketones (excluding diaryl/α,β-unsaturated/α-hetero) is 1. The van der Waals surface area contributed by atoms with E-state index in [0.29, 0.717) is 5.56 Å². The summed E-state index contributed by atoms with van der Waals surface area (Å²) in [6, 6.07) is 13.5. The number of fused-ring (bicyclic) bond motifs is 3. The third kappa shape index (κ3) is 3.37. The average molecular weight is 371 g/mol. The van der Waals surface area contributed by atoms with E-state index in [2.05, 4.69) is 20.3 Å². The van der Waals surface area contributed by atoms with Crippen molar-refractivity contribution in [1.82, 2.24) is 15.0 Å². The molecule has 0 amide bonds. The first-order valence-electron chi connectivity index (χ1n) is 7.73. The minimum Gasteiger partial charge on any atom is -0.412 e. The number of anilines is 2. The van der Waals surface area contributed by atoms with Crippen LogP contribution in [-0.2, 0) is 0 Å². The molecule has 2 aromatic carbocycles. The smallest absolute Gasteiger partial charge is 0.159 e. The van der Waals surface area contributed by atoms with Gasteiger partial charge < -0.3 is 15.8 Å². The van der Waals surface area contributed by atoms with E-state index >= 15 is 0 Å². The molecule has 0 aliphatic rings. The van der Waals surface area contributed by atoms with E-state index in [-0.39, 0.29) is 23.7 Å². The largest absolute Gasteiger partial charge is 0.412 e. The van der Waals surface area contributed by atoms with Crippen LogP contribution < -0.4 is 5.32 Å². The lowest BCUT2D eigenvalue weighted by atomic mass is 10.1. The minimum absolute atomic E-state index is 0. The molecule has 7 heteroatoms. The first-order valence-corrected chi connectivity index (χ1v) is 7.73. The van der Waals surface area contributed by atoms with Gasteiger partial charge in [-0.3, -0.25) is 4.79 Å². The summed E-state index contributed by atoms with van der Waals surface area (Å²) in [4.78, 5) is 23.6. The molecular weight excluding hydrogens is 352 g/mol. The van der Waals surface area contributed by atoms with Gasteiger partial charge in [0.15, 0.2) is 5.78 Å². The molecule has 4 N–H and O–H groups in total. The molecule has 4 rings (SSSR count). The van der Waals surface area contributed by atoms with Crippen molar-refractivity contribution in [3.05, 3.63) is 60.0 Å². The van der Waals surface area contributed by atoms with Crippen LogP contribution in [0.15, 0.2) is 48.8 Å². The van der Waals surface area contributed by atoms with Gasteiger partial charge in [-0.15, -0.1) is 12.4 Å². The molecule has 0 unspecified atom stereocenters. The number of carbonyl (C=O) groups is 1. The molecule has 4 aromatic rings. The Labute approximate surface area is 156 Å². The van der Waals surface area contributed by atoms with Crippen LogP contribution in [0.25, 0.3) is 21.9 Å². The van der Waals surface area contributed by atoms with Crippen LogP contribution in [0.4, 0.5) is 11.4 Å². The number of carbonyl (C=O) groups excluding carboxylic acids is 1. The van der Waals surface area contributed by atoms with Gasteiger partial charge in [0, 0.05) is 27.8 Å². The monoisotopic (exact) mass is 370 g/mol. The van der Waals surface area contributed by atoms with E-state index in [1.165, 1.54) is 0 Å². The molecule has 0 aliphatic carbocycles. The number of hydrogen-bond acceptors (Lipinski definition) is 4. The molecule has 134 valence electrons. The number of halogens is 1. The van der Waals surface area contributed by atoms with Gasteiger partial charge in [0.2, 0.25) is 0 Å². The Morgan fingerprint density at radius 3 is 2.69 bits per heavy atom. The first kappa shape index (κ1) is 19.4. The van der Waals surface area contributed by atoms with Gasteiger partial charge in [0.25, 0.3) is 0 Å². The zero-order valence-corrected chi connectivity index (χ0v) is 15.1. The minimum atomic E-state index is 0. The molecule has 0 radical (unpaired) electrons. The number of aromatic amines is 1. The number of ketones is 1. The van der Waals surface area contributed by atoms with E-state index < -0.39 is 0 Å². The van der Waals surface area contributed by atoms with Gasteiger partial charge in [-0.05, 0) is 44.2 Å². The lowest BCUT2D eigenvalue weighted by Gasteiger charge is -2.13. The van der Waals surface area contributed by atoms with Gasteiger partial charge in [0.05, 0.1) is 11.2 Å². The predicted molar refractivity (Wildman–Crippen MR) is 107 cm³/mol. The predicted octanol–water partition coefficient (Wildman–Crippen LogP) is 3.96. The molecule has 6 nitrogen and oxygen atoms in total. The molecule has 0 saturated carbocycles. The number of H-pyrrole nitrogens is 1. The van der Waals surface area contributed by atoms with Gasteiger partial charge in [-0.2, -0.15) is 0 Å². The highest BCUT2D eigenvalue weighted by atomic mass is 35.5. The van der Waals surface area contributed by atoms with E-state index in [4.69, 9.17) is 0 Å². The van der Waals surface area contributed by atoms with Crippen molar-refractivity contribution >= 4 is 51.5 Å². The number of imidazole rings is 1. The normalized spacial score (nSPS) is 10.2.